The molecule has 4 radical (unpaired) electrons. The second-order valence-corrected chi connectivity index (χ2v) is 14.6. The Morgan fingerprint density at radius 3 is 1.50 bits per heavy atom. The van der Waals surface area contributed by atoms with Gasteiger partial charge in [-0.25, -0.2) is 0 Å². The maximum absolute atomic E-state index is 3.25. The van der Waals surface area contributed by atoms with E-state index in [0.717, 1.165) is 0 Å². The van der Waals surface area contributed by atoms with Crippen LogP contribution in [0.25, 0.3) is 0 Å². The summed E-state index contributed by atoms with van der Waals surface area (Å²) in [6.07, 6.45) is 0. The highest BCUT2D eigenvalue weighted by Crippen LogP contribution is 1.92. The molecule has 0 heterocycles. The van der Waals surface area contributed by atoms with E-state index in [4.69, 9.17) is 0 Å². The molecule has 0 aromatic rings. The lowest BCUT2D eigenvalue weighted by molar-refractivity contribution is 4.50. The Kier molecular flexibility index (Phi) is 3.53. The van der Waals surface area contributed by atoms with Crippen LogP contribution >= 0.6 is 30.6 Å². The summed E-state index contributed by atoms with van der Waals surface area (Å²) in [5, 5.41) is 0. The largest absolute Gasteiger partial charge is 0.194 e. The molecular weight excluding hydrogens is 216 g/mol. The molecule has 0 aromatic heterocycles. The predicted octanol–water partition coefficient (Wildman–Crippen LogP) is 0.930. The summed E-state index contributed by atoms with van der Waals surface area (Å²) in [5.74, 6) is 0. The van der Waals surface area contributed by atoms with Crippen molar-refractivity contribution in [1.29, 1.82) is 0 Å². The molecule has 0 saturated heterocycles. The zero-order valence-corrected chi connectivity index (χ0v) is 6.93. The van der Waals surface area contributed by atoms with Crippen LogP contribution in [0.1, 0.15) is 0 Å². The standard InChI is InChI=1S/Br2Si2/c1-4(2)3. The molecule has 0 aliphatic rings. The molecule has 4 heteroatoms. The fourth-order valence-electron chi connectivity index (χ4n) is 0. The summed E-state index contributed by atoms with van der Waals surface area (Å²) >= 11 is 6.41. The number of halogens is 2. The van der Waals surface area contributed by atoms with E-state index in [1.807, 2.05) is 0 Å². The number of hydrogen-bond donors (Lipinski definition) is 0. The SMILES string of the molecule is [Si][Si](Br)Br. The third-order valence-electron chi connectivity index (χ3n) is 0. The molecule has 0 atom stereocenters. The topological polar surface area (TPSA) is 0 Å². The van der Waals surface area contributed by atoms with Crippen molar-refractivity contribution >= 4 is 45.9 Å². The molecule has 0 bridgehead atoms. The molecule has 0 amide bonds. The van der Waals surface area contributed by atoms with E-state index >= 15 is 0 Å². The van der Waals surface area contributed by atoms with Gasteiger partial charge in [-0.1, -0.05) is 0 Å². The number of hydrogen-bond acceptors (Lipinski definition) is 0. The maximum Gasteiger partial charge on any atom is 0.194 e. The fraction of sp³-hybridized carbons (Fsp3) is 0. The average molecular weight is 216 g/mol. The lowest BCUT2D eigenvalue weighted by Crippen LogP contribution is -1.82. The first-order valence-electron chi connectivity index (χ1n) is 0.628. The Labute approximate surface area is 45.9 Å². The molecule has 0 fully saturated rings. The Morgan fingerprint density at radius 1 is 1.50 bits per heavy atom. The molecule has 0 N–H and O–H groups in total. The smallest absolute Gasteiger partial charge is 0.117 e. The van der Waals surface area contributed by atoms with Gasteiger partial charge in [0.25, 0.3) is 0 Å². The van der Waals surface area contributed by atoms with Crippen LogP contribution in [0.2, 0.25) is 0 Å². The van der Waals surface area contributed by atoms with E-state index in [0.29, 0.717) is 0 Å². The van der Waals surface area contributed by atoms with Gasteiger partial charge < -0.3 is 0 Å². The minimum absolute atomic E-state index is 0.449. The van der Waals surface area contributed by atoms with Gasteiger partial charge in [0, 0.05) is 9.76 Å². The van der Waals surface area contributed by atoms with Crippen molar-refractivity contribution in [3.63, 3.8) is 0 Å². The van der Waals surface area contributed by atoms with Gasteiger partial charge in [-0.15, -0.1) is 30.6 Å². The summed E-state index contributed by atoms with van der Waals surface area (Å²) in [5.41, 5.74) is -0.449. The highest BCUT2D eigenvalue weighted by molar-refractivity contribution is 9.50. The summed E-state index contributed by atoms with van der Waals surface area (Å²) in [6.45, 7) is 0. The van der Waals surface area contributed by atoms with Gasteiger partial charge in [-0.2, -0.15) is 0 Å². The third kappa shape index (κ3) is 10.0. The maximum atomic E-state index is 3.25. The second kappa shape index (κ2) is 2.62. The van der Waals surface area contributed by atoms with Crippen LogP contribution < -0.4 is 0 Å². The van der Waals surface area contributed by atoms with Crippen molar-refractivity contribution in [2.45, 2.75) is 0 Å². The second-order valence-electron chi connectivity index (χ2n) is 0.260. The average Bonchev–Trinajstić information content (AvgIpc) is 0.811. The molecule has 0 nitrogen and oxygen atoms in total. The van der Waals surface area contributed by atoms with Crippen LogP contribution in [0.15, 0.2) is 0 Å². The highest BCUT2D eigenvalue weighted by atomic mass is 79.9. The summed E-state index contributed by atoms with van der Waals surface area (Å²) < 4.78 is 0. The summed E-state index contributed by atoms with van der Waals surface area (Å²) in [4.78, 5) is 0. The van der Waals surface area contributed by atoms with Crippen LogP contribution in [0.3, 0.4) is 0 Å². The molecule has 22 valence electrons. The van der Waals surface area contributed by atoms with Gasteiger partial charge in [0.1, 0.15) is 0 Å². The molecule has 0 aromatic carbocycles. The van der Waals surface area contributed by atoms with E-state index in [1.165, 1.54) is 0 Å². The third-order valence-corrected chi connectivity index (χ3v) is 0. The van der Waals surface area contributed by atoms with Gasteiger partial charge in [-0.3, -0.25) is 0 Å². The highest BCUT2D eigenvalue weighted by Gasteiger charge is 1.80. The monoisotopic (exact) mass is 214 g/mol. The van der Waals surface area contributed by atoms with Crippen molar-refractivity contribution < 1.29 is 0 Å². The predicted molar refractivity (Wildman–Crippen MR) is 29.4 cm³/mol. The first kappa shape index (κ1) is 5.39. The van der Waals surface area contributed by atoms with E-state index in [-0.39, 0.29) is 0 Å². The quantitative estimate of drug-likeness (QED) is 0.417. The molecule has 4 heavy (non-hydrogen) atoms. The van der Waals surface area contributed by atoms with Crippen molar-refractivity contribution in [2.24, 2.45) is 0 Å². The van der Waals surface area contributed by atoms with Crippen LogP contribution in [-0.4, -0.2) is 15.3 Å². The first-order valence-corrected chi connectivity index (χ1v) is 8.14. The Hall–Kier alpha value is 1.39. The van der Waals surface area contributed by atoms with Crippen LogP contribution in [0.4, 0.5) is 0 Å². The van der Waals surface area contributed by atoms with E-state index in [9.17, 15) is 0 Å². The normalized spacial score (nSPS) is 9.00. The van der Waals surface area contributed by atoms with Gasteiger partial charge in [-0.05, 0) is 0 Å². The molecule has 0 saturated carbocycles. The fourth-order valence-corrected chi connectivity index (χ4v) is 0. The Bertz CT molecular complexity index is 8.75. The van der Waals surface area contributed by atoms with Gasteiger partial charge in [0.05, 0.1) is 0 Å². The molecule has 0 aliphatic heterocycles. The van der Waals surface area contributed by atoms with Crippen molar-refractivity contribution in [3.05, 3.63) is 0 Å². The van der Waals surface area contributed by atoms with Crippen LogP contribution in [0, 0.1) is 0 Å². The van der Waals surface area contributed by atoms with Gasteiger partial charge in [0.15, 0.2) is 5.55 Å². The molecule has 0 rings (SSSR count). The summed E-state index contributed by atoms with van der Waals surface area (Å²) in [7, 11) is 3.25. The van der Waals surface area contributed by atoms with Crippen molar-refractivity contribution in [1.82, 2.24) is 0 Å². The van der Waals surface area contributed by atoms with E-state index in [2.05, 4.69) is 40.3 Å². The minimum atomic E-state index is -0.449. The zero-order valence-electron chi connectivity index (χ0n) is 1.76. The minimum Gasteiger partial charge on any atom is -0.117 e. The Balaban J connectivity index is 2.32. The summed E-state index contributed by atoms with van der Waals surface area (Å²) in [6, 6.07) is 0. The lowest BCUT2D eigenvalue weighted by atomic mass is 27.1. The molecule has 0 spiro atoms. The molecular formula is Br2Si2. The van der Waals surface area contributed by atoms with E-state index in [1.54, 1.807) is 0 Å². The van der Waals surface area contributed by atoms with Gasteiger partial charge in [0.2, 0.25) is 0 Å². The van der Waals surface area contributed by atoms with E-state index < -0.39 is 5.55 Å². The Morgan fingerprint density at radius 2 is 1.50 bits per heavy atom. The van der Waals surface area contributed by atoms with Crippen molar-refractivity contribution in [2.75, 3.05) is 0 Å². The van der Waals surface area contributed by atoms with Gasteiger partial charge >= 0.3 is 0 Å². The van der Waals surface area contributed by atoms with Crippen LogP contribution in [-0.2, 0) is 0 Å². The number of rotatable bonds is 0. The van der Waals surface area contributed by atoms with Crippen molar-refractivity contribution in [3.8, 4) is 0 Å². The molecule has 0 unspecified atom stereocenters. The van der Waals surface area contributed by atoms with Crippen LogP contribution in [0.5, 0.6) is 0 Å². The first-order chi connectivity index (χ1) is 1.73. The zero-order chi connectivity index (χ0) is 3.58. The molecule has 0 aliphatic carbocycles. The lowest BCUT2D eigenvalue weighted by Gasteiger charge is -1.67.